The molecule has 2 heterocycles. The molecule has 1 amide bonds. The van der Waals surface area contributed by atoms with Crippen LogP contribution in [-0.2, 0) is 9.47 Å². The minimum absolute atomic E-state index is 0.00689. The number of hydrogen-bond acceptors (Lipinski definition) is 7. The summed E-state index contributed by atoms with van der Waals surface area (Å²) < 4.78 is 31.4. The molecule has 0 saturated carbocycles. The number of benzene rings is 1. The Hall–Kier alpha value is -3.14. The first-order valence-electron chi connectivity index (χ1n) is 11.4. The smallest absolute Gasteiger partial charge is 0.407 e. The molecule has 1 aliphatic heterocycles. The minimum Gasteiger partial charge on any atom is -0.489 e. The Balaban J connectivity index is 1.60. The van der Waals surface area contributed by atoms with Crippen LogP contribution in [-0.4, -0.2) is 65.9 Å². The zero-order valence-corrected chi connectivity index (χ0v) is 20.5. The molecular formula is C24H34FN5O4. The third-order valence-corrected chi connectivity index (χ3v) is 4.95. The molecule has 34 heavy (non-hydrogen) atoms. The molecule has 1 fully saturated rings. The highest BCUT2D eigenvalue weighted by Gasteiger charge is 2.21. The highest BCUT2D eigenvalue weighted by molar-refractivity contribution is 5.68. The topological polar surface area (TPSA) is 90.7 Å². The zero-order valence-electron chi connectivity index (χ0n) is 20.5. The van der Waals surface area contributed by atoms with E-state index in [0.29, 0.717) is 31.1 Å². The van der Waals surface area contributed by atoms with E-state index in [1.807, 2.05) is 16.8 Å². The van der Waals surface area contributed by atoms with Crippen molar-refractivity contribution in [3.63, 3.8) is 0 Å². The molecule has 0 atom stereocenters. The van der Waals surface area contributed by atoms with Crippen molar-refractivity contribution in [2.75, 3.05) is 44.4 Å². The lowest BCUT2D eigenvalue weighted by molar-refractivity contribution is 0.0531. The van der Waals surface area contributed by atoms with Gasteiger partial charge < -0.3 is 24.4 Å². The maximum absolute atomic E-state index is 13.2. The van der Waals surface area contributed by atoms with Gasteiger partial charge in [-0.15, -0.1) is 5.10 Å². The number of anilines is 1. The number of ether oxygens (including phenoxy) is 3. The molecule has 186 valence electrons. The lowest BCUT2D eigenvalue weighted by Crippen LogP contribution is -2.38. The summed E-state index contributed by atoms with van der Waals surface area (Å²) in [5.41, 5.74) is 0.515. The van der Waals surface area contributed by atoms with Crippen LogP contribution in [0.15, 0.2) is 36.2 Å². The predicted octanol–water partition coefficient (Wildman–Crippen LogP) is 4.12. The van der Waals surface area contributed by atoms with Gasteiger partial charge in [-0.1, -0.05) is 0 Å². The standard InChI is InChI=1S/C24H34FN5O4/c1-17(2)30-22(29-10-12-32-13-11-29)27-21(28-30)19-6-8-20(9-7-19)33-16-18(14-25)15-26-23(31)34-24(3,4)5/h6-9,14,17H,10-13,15-16H2,1-5H3,(H,26,31)/b18-14+. The van der Waals surface area contributed by atoms with Crippen LogP contribution in [0, 0.1) is 0 Å². The Bertz CT molecular complexity index is 976. The van der Waals surface area contributed by atoms with Crippen LogP contribution in [0.25, 0.3) is 11.4 Å². The summed E-state index contributed by atoms with van der Waals surface area (Å²) in [6.45, 7) is 12.3. The van der Waals surface area contributed by atoms with Gasteiger partial charge in [0.1, 0.15) is 18.0 Å². The first-order chi connectivity index (χ1) is 16.2. The second-order valence-electron chi connectivity index (χ2n) is 9.31. The SMILES string of the molecule is CC(C)n1nc(-c2ccc(OC/C(=C/F)CNC(=O)OC(C)(C)C)cc2)nc1N1CCOCC1. The molecule has 9 nitrogen and oxygen atoms in total. The van der Waals surface area contributed by atoms with Crippen LogP contribution in [0.5, 0.6) is 5.75 Å². The van der Waals surface area contributed by atoms with E-state index in [0.717, 1.165) is 24.6 Å². The van der Waals surface area contributed by atoms with Gasteiger partial charge in [-0.3, -0.25) is 0 Å². The maximum atomic E-state index is 13.2. The normalized spacial score (nSPS) is 14.9. The summed E-state index contributed by atoms with van der Waals surface area (Å²) in [5, 5.41) is 7.23. The number of rotatable bonds is 8. The molecule has 1 N–H and O–H groups in total. The van der Waals surface area contributed by atoms with E-state index >= 15 is 0 Å². The number of hydrogen-bond donors (Lipinski definition) is 1. The summed E-state index contributed by atoms with van der Waals surface area (Å²) >= 11 is 0. The Kier molecular flexibility index (Phi) is 8.49. The van der Waals surface area contributed by atoms with Gasteiger partial charge in [0.25, 0.3) is 0 Å². The maximum Gasteiger partial charge on any atom is 0.407 e. The van der Waals surface area contributed by atoms with Crippen LogP contribution in [0.2, 0.25) is 0 Å². The number of aromatic nitrogens is 3. The number of carbonyl (C=O) groups excluding carboxylic acids is 1. The summed E-state index contributed by atoms with van der Waals surface area (Å²) in [6.07, 6.45) is -0.178. The molecule has 0 aliphatic carbocycles. The second kappa shape index (κ2) is 11.3. The fourth-order valence-electron chi connectivity index (χ4n) is 3.26. The van der Waals surface area contributed by atoms with Gasteiger partial charge in [-0.25, -0.2) is 13.9 Å². The van der Waals surface area contributed by atoms with Gasteiger partial charge in [0, 0.05) is 30.8 Å². The van der Waals surface area contributed by atoms with E-state index in [1.165, 1.54) is 0 Å². The summed E-state index contributed by atoms with van der Waals surface area (Å²) in [7, 11) is 0. The fraction of sp³-hybridized carbons (Fsp3) is 0.542. The van der Waals surface area contributed by atoms with Gasteiger partial charge in [0.15, 0.2) is 5.82 Å². The highest BCUT2D eigenvalue weighted by Crippen LogP contribution is 2.25. The number of nitrogens with zero attached hydrogens (tertiary/aromatic N) is 4. The van der Waals surface area contributed by atoms with Crippen LogP contribution in [0.3, 0.4) is 0 Å². The highest BCUT2D eigenvalue weighted by atomic mass is 19.1. The van der Waals surface area contributed by atoms with Crippen LogP contribution >= 0.6 is 0 Å². The first kappa shape index (κ1) is 25.5. The fourth-order valence-corrected chi connectivity index (χ4v) is 3.26. The van der Waals surface area contributed by atoms with Crippen LogP contribution in [0.1, 0.15) is 40.7 Å². The molecule has 1 aliphatic rings. The predicted molar refractivity (Wildman–Crippen MR) is 128 cm³/mol. The lowest BCUT2D eigenvalue weighted by atomic mass is 10.2. The molecule has 0 spiro atoms. The third kappa shape index (κ3) is 7.18. The van der Waals surface area contributed by atoms with E-state index in [1.54, 1.807) is 32.9 Å². The average molecular weight is 476 g/mol. The van der Waals surface area contributed by atoms with Gasteiger partial charge in [0.2, 0.25) is 5.95 Å². The molecule has 0 unspecified atom stereocenters. The second-order valence-corrected chi connectivity index (χ2v) is 9.31. The molecule has 0 radical (unpaired) electrons. The molecule has 2 aromatic rings. The number of nitrogens with one attached hydrogen (secondary N) is 1. The summed E-state index contributed by atoms with van der Waals surface area (Å²) in [5.74, 6) is 2.04. The van der Waals surface area contributed by atoms with Crippen LogP contribution in [0.4, 0.5) is 15.1 Å². The van der Waals surface area contributed by atoms with E-state index in [2.05, 4.69) is 24.1 Å². The first-order valence-corrected chi connectivity index (χ1v) is 11.4. The van der Waals surface area contributed by atoms with E-state index < -0.39 is 11.7 Å². The summed E-state index contributed by atoms with van der Waals surface area (Å²) in [6, 6.07) is 7.49. The van der Waals surface area contributed by atoms with Gasteiger partial charge in [0.05, 0.1) is 25.6 Å². The molecule has 1 aromatic carbocycles. The zero-order chi connectivity index (χ0) is 24.7. The van der Waals surface area contributed by atoms with Crippen molar-refractivity contribution in [3.8, 4) is 17.1 Å². The van der Waals surface area contributed by atoms with E-state index in [9.17, 15) is 9.18 Å². The number of carbonyl (C=O) groups is 1. The largest absolute Gasteiger partial charge is 0.489 e. The van der Waals surface area contributed by atoms with Crippen LogP contribution < -0.4 is 15.0 Å². The molecule has 1 saturated heterocycles. The average Bonchev–Trinajstić information content (AvgIpc) is 3.25. The monoisotopic (exact) mass is 475 g/mol. The number of morpholine rings is 1. The van der Waals surface area contributed by atoms with Crippen molar-refractivity contribution in [2.45, 2.75) is 46.3 Å². The Morgan fingerprint density at radius 2 is 1.91 bits per heavy atom. The van der Waals surface area contributed by atoms with Crippen molar-refractivity contribution in [2.24, 2.45) is 0 Å². The van der Waals surface area contributed by atoms with Gasteiger partial charge in [-0.05, 0) is 58.9 Å². The quantitative estimate of drug-likeness (QED) is 0.614. The molecule has 1 aromatic heterocycles. The Morgan fingerprint density at radius 3 is 2.50 bits per heavy atom. The third-order valence-electron chi connectivity index (χ3n) is 4.95. The minimum atomic E-state index is -0.620. The number of alkyl carbamates (subject to hydrolysis) is 1. The van der Waals surface area contributed by atoms with Crippen molar-refractivity contribution in [1.82, 2.24) is 20.1 Å². The van der Waals surface area contributed by atoms with Crippen molar-refractivity contribution in [1.29, 1.82) is 0 Å². The summed E-state index contributed by atoms with van der Waals surface area (Å²) in [4.78, 5) is 18.7. The Morgan fingerprint density at radius 1 is 1.24 bits per heavy atom. The molecule has 3 rings (SSSR count). The lowest BCUT2D eigenvalue weighted by Gasteiger charge is -2.28. The van der Waals surface area contributed by atoms with Crippen molar-refractivity contribution >= 4 is 12.0 Å². The van der Waals surface area contributed by atoms with E-state index in [-0.39, 0.29) is 24.8 Å². The van der Waals surface area contributed by atoms with Gasteiger partial charge >= 0.3 is 6.09 Å². The van der Waals surface area contributed by atoms with E-state index in [4.69, 9.17) is 24.3 Å². The molecule has 0 bridgehead atoms. The number of halogens is 1. The van der Waals surface area contributed by atoms with Crippen molar-refractivity contribution in [3.05, 3.63) is 36.2 Å². The molecule has 10 heteroatoms. The van der Waals surface area contributed by atoms with Gasteiger partial charge in [-0.2, -0.15) is 4.98 Å². The Labute approximate surface area is 199 Å². The molecular weight excluding hydrogens is 441 g/mol. The number of amides is 1. The van der Waals surface area contributed by atoms with Crippen molar-refractivity contribution < 1.29 is 23.4 Å².